The molecule has 1 heterocycles. The van der Waals surface area contributed by atoms with Crippen LogP contribution in [0.15, 0.2) is 0 Å². The second kappa shape index (κ2) is 2.14. The Bertz CT molecular complexity index is 182. The van der Waals surface area contributed by atoms with E-state index in [1.54, 1.807) is 0 Å². The van der Waals surface area contributed by atoms with Gasteiger partial charge in [0.2, 0.25) is 0 Å². The van der Waals surface area contributed by atoms with Crippen molar-refractivity contribution in [2.45, 2.75) is 18.2 Å². The van der Waals surface area contributed by atoms with Crippen molar-refractivity contribution in [1.29, 1.82) is 0 Å². The predicted molar refractivity (Wildman–Crippen MR) is 45.7 cm³/mol. The fourth-order valence-corrected chi connectivity index (χ4v) is 4.07. The summed E-state index contributed by atoms with van der Waals surface area (Å²) in [5, 5.41) is 4.00. The number of rotatable bonds is 0. The van der Waals surface area contributed by atoms with Crippen molar-refractivity contribution in [3.05, 3.63) is 0 Å². The molecule has 1 N–H and O–H groups in total. The van der Waals surface area contributed by atoms with Crippen molar-refractivity contribution < 1.29 is 0 Å². The Labute approximate surface area is 72.5 Å². The molecule has 1 aliphatic heterocycles. The molecule has 0 aromatic carbocycles. The minimum atomic E-state index is 0.515. The van der Waals surface area contributed by atoms with Crippen molar-refractivity contribution in [3.8, 4) is 0 Å². The van der Waals surface area contributed by atoms with Gasteiger partial charge in [-0.15, -0.1) is 11.6 Å². The van der Waals surface area contributed by atoms with Crippen LogP contribution in [-0.2, 0) is 0 Å². The van der Waals surface area contributed by atoms with Gasteiger partial charge in [-0.25, -0.2) is 0 Å². The van der Waals surface area contributed by atoms with Crippen molar-refractivity contribution in [1.82, 2.24) is 5.32 Å². The van der Waals surface area contributed by atoms with E-state index in [2.05, 4.69) is 5.32 Å². The normalized spacial score (nSPS) is 60.3. The van der Waals surface area contributed by atoms with Crippen molar-refractivity contribution >= 4 is 11.6 Å². The van der Waals surface area contributed by atoms with Gasteiger partial charge in [-0.2, -0.15) is 0 Å². The van der Waals surface area contributed by atoms with E-state index in [9.17, 15) is 0 Å². The fraction of sp³-hybridized carbons (Fsp3) is 1.00. The van der Waals surface area contributed by atoms with E-state index in [0.29, 0.717) is 5.38 Å². The lowest BCUT2D eigenvalue weighted by atomic mass is 9.82. The number of halogens is 1. The Kier molecular flexibility index (Phi) is 1.31. The van der Waals surface area contributed by atoms with Gasteiger partial charge in [0.1, 0.15) is 0 Å². The first-order valence-electron chi connectivity index (χ1n) is 4.71. The molecule has 0 aromatic rings. The zero-order valence-electron chi connectivity index (χ0n) is 6.59. The van der Waals surface area contributed by atoms with E-state index in [1.165, 1.54) is 25.9 Å². The maximum absolute atomic E-state index is 6.25. The summed E-state index contributed by atoms with van der Waals surface area (Å²) in [6.45, 7) is 2.52. The topological polar surface area (TPSA) is 12.0 Å². The van der Waals surface area contributed by atoms with Gasteiger partial charge in [-0.3, -0.25) is 0 Å². The van der Waals surface area contributed by atoms with Crippen LogP contribution in [0.1, 0.15) is 12.8 Å². The van der Waals surface area contributed by atoms with Crippen molar-refractivity contribution in [2.75, 3.05) is 13.1 Å². The van der Waals surface area contributed by atoms with Gasteiger partial charge < -0.3 is 5.32 Å². The molecule has 62 valence electrons. The van der Waals surface area contributed by atoms with Crippen molar-refractivity contribution in [3.63, 3.8) is 0 Å². The second-order valence-corrected chi connectivity index (χ2v) is 4.96. The van der Waals surface area contributed by atoms with Crippen LogP contribution >= 0.6 is 11.6 Å². The van der Waals surface area contributed by atoms with Crippen LogP contribution in [0.5, 0.6) is 0 Å². The van der Waals surface area contributed by atoms with E-state index in [1.807, 2.05) is 0 Å². The summed E-state index contributed by atoms with van der Waals surface area (Å²) in [6, 6.07) is 0. The van der Waals surface area contributed by atoms with Crippen LogP contribution in [0.3, 0.4) is 0 Å². The third kappa shape index (κ3) is 0.762. The SMILES string of the molecule is Cl[C@H]1C[C@@H]2C[C@H]1[C@H]1CNC[C@H]21. The standard InChI is InChI=1S/C9H14ClN/c10-9-2-5-1-6(9)8-4-11-3-7(5)8/h5-9,11H,1-4H2/t5-,6-,7+,8+,9-/m0/s1. The molecule has 0 radical (unpaired) electrons. The van der Waals surface area contributed by atoms with E-state index >= 15 is 0 Å². The number of hydrogen-bond acceptors (Lipinski definition) is 1. The zero-order chi connectivity index (χ0) is 7.42. The largest absolute Gasteiger partial charge is 0.316 e. The third-order valence-corrected chi connectivity index (χ3v) is 4.53. The fourth-order valence-electron chi connectivity index (χ4n) is 3.55. The van der Waals surface area contributed by atoms with Gasteiger partial charge >= 0.3 is 0 Å². The van der Waals surface area contributed by atoms with Crippen LogP contribution < -0.4 is 5.32 Å². The Morgan fingerprint density at radius 2 is 1.82 bits per heavy atom. The molecule has 2 saturated carbocycles. The summed E-state index contributed by atoms with van der Waals surface area (Å²) in [4.78, 5) is 0. The smallest absolute Gasteiger partial charge is 0.0370 e. The maximum atomic E-state index is 6.25. The summed E-state index contributed by atoms with van der Waals surface area (Å²) in [7, 11) is 0. The molecule has 2 aliphatic carbocycles. The number of nitrogens with one attached hydrogen (secondary N) is 1. The third-order valence-electron chi connectivity index (χ3n) is 4.03. The highest BCUT2D eigenvalue weighted by Crippen LogP contribution is 2.55. The molecule has 0 spiro atoms. The number of fused-ring (bicyclic) bond motifs is 5. The minimum absolute atomic E-state index is 0.515. The molecule has 11 heavy (non-hydrogen) atoms. The molecule has 1 nitrogen and oxygen atoms in total. The van der Waals surface area contributed by atoms with E-state index < -0.39 is 0 Å². The van der Waals surface area contributed by atoms with Crippen LogP contribution in [-0.4, -0.2) is 18.5 Å². The summed E-state index contributed by atoms with van der Waals surface area (Å²) >= 11 is 6.25. The van der Waals surface area contributed by atoms with Gasteiger partial charge in [0.25, 0.3) is 0 Å². The monoisotopic (exact) mass is 171 g/mol. The van der Waals surface area contributed by atoms with Crippen LogP contribution in [0.4, 0.5) is 0 Å². The molecule has 0 unspecified atom stereocenters. The minimum Gasteiger partial charge on any atom is -0.316 e. The number of alkyl halides is 1. The van der Waals surface area contributed by atoms with Gasteiger partial charge in [0, 0.05) is 5.38 Å². The molecule has 0 amide bonds. The average Bonchev–Trinajstić information content (AvgIpc) is 2.52. The summed E-state index contributed by atoms with van der Waals surface area (Å²) < 4.78 is 0. The van der Waals surface area contributed by atoms with E-state index in [-0.39, 0.29) is 0 Å². The highest BCUT2D eigenvalue weighted by Gasteiger charge is 2.53. The van der Waals surface area contributed by atoms with E-state index in [4.69, 9.17) is 11.6 Å². The first-order valence-corrected chi connectivity index (χ1v) is 5.14. The molecule has 0 aromatic heterocycles. The van der Waals surface area contributed by atoms with Crippen LogP contribution in [0.2, 0.25) is 0 Å². The Morgan fingerprint density at radius 1 is 1.00 bits per heavy atom. The van der Waals surface area contributed by atoms with Gasteiger partial charge in [-0.1, -0.05) is 0 Å². The number of hydrogen-bond donors (Lipinski definition) is 1. The summed E-state index contributed by atoms with van der Waals surface area (Å²) in [5.41, 5.74) is 0. The zero-order valence-corrected chi connectivity index (χ0v) is 7.35. The van der Waals surface area contributed by atoms with Gasteiger partial charge in [0.05, 0.1) is 0 Å². The Hall–Kier alpha value is 0.250. The summed E-state index contributed by atoms with van der Waals surface area (Å²) in [6.07, 6.45) is 2.74. The van der Waals surface area contributed by atoms with E-state index in [0.717, 1.165) is 23.7 Å². The molecular formula is C9H14ClN. The highest BCUT2D eigenvalue weighted by molar-refractivity contribution is 6.21. The molecule has 3 rings (SSSR count). The maximum Gasteiger partial charge on any atom is 0.0370 e. The quantitative estimate of drug-likeness (QED) is 0.545. The first kappa shape index (κ1) is 6.73. The second-order valence-electron chi connectivity index (χ2n) is 4.40. The molecule has 1 saturated heterocycles. The lowest BCUT2D eigenvalue weighted by Gasteiger charge is -2.26. The van der Waals surface area contributed by atoms with Crippen LogP contribution in [0, 0.1) is 23.7 Å². The Morgan fingerprint density at radius 3 is 2.73 bits per heavy atom. The molecule has 5 atom stereocenters. The van der Waals surface area contributed by atoms with Crippen LogP contribution in [0.25, 0.3) is 0 Å². The molecule has 3 aliphatic rings. The highest BCUT2D eigenvalue weighted by atomic mass is 35.5. The first-order chi connectivity index (χ1) is 5.36. The van der Waals surface area contributed by atoms with Crippen molar-refractivity contribution in [2.24, 2.45) is 23.7 Å². The lowest BCUT2D eigenvalue weighted by Crippen LogP contribution is -2.27. The molecule has 2 heteroatoms. The Balaban J connectivity index is 1.90. The lowest BCUT2D eigenvalue weighted by molar-refractivity contribution is 0.285. The molecular weight excluding hydrogens is 158 g/mol. The average molecular weight is 172 g/mol. The predicted octanol–water partition coefficient (Wildman–Crippen LogP) is 1.47. The molecule has 3 fully saturated rings. The summed E-state index contributed by atoms with van der Waals surface area (Å²) in [5.74, 6) is 3.77. The van der Waals surface area contributed by atoms with Gasteiger partial charge in [-0.05, 0) is 49.6 Å². The van der Waals surface area contributed by atoms with Gasteiger partial charge in [0.15, 0.2) is 0 Å². The molecule has 2 bridgehead atoms.